The quantitative estimate of drug-likeness (QED) is 0.347. The second kappa shape index (κ2) is 11.7. The number of ether oxygens (including phenoxy) is 1. The zero-order valence-electron chi connectivity index (χ0n) is 23.7. The van der Waals surface area contributed by atoms with Gasteiger partial charge in [0.25, 0.3) is 0 Å². The van der Waals surface area contributed by atoms with Gasteiger partial charge in [0, 0.05) is 49.7 Å². The third-order valence-electron chi connectivity index (χ3n) is 9.76. The monoisotopic (exact) mass is 538 g/mol. The Morgan fingerprint density at radius 2 is 1.60 bits per heavy atom. The van der Waals surface area contributed by atoms with Gasteiger partial charge in [0.15, 0.2) is 0 Å². The molecule has 6 rings (SSSR count). The lowest BCUT2D eigenvalue weighted by Gasteiger charge is -2.41. The molecule has 1 saturated carbocycles. The van der Waals surface area contributed by atoms with Crippen LogP contribution in [0.25, 0.3) is 0 Å². The Balaban J connectivity index is 1.19. The number of hydrogen-bond acceptors (Lipinski definition) is 5. The average molecular weight is 539 g/mol. The third-order valence-corrected chi connectivity index (χ3v) is 9.76. The van der Waals surface area contributed by atoms with Crippen molar-refractivity contribution < 1.29 is 14.6 Å². The van der Waals surface area contributed by atoms with Crippen LogP contribution in [-0.4, -0.2) is 56.1 Å². The summed E-state index contributed by atoms with van der Waals surface area (Å²) in [5.74, 6) is 1.82. The molecule has 0 spiro atoms. The van der Waals surface area contributed by atoms with E-state index in [1.807, 2.05) is 12.1 Å². The third kappa shape index (κ3) is 5.49. The van der Waals surface area contributed by atoms with Gasteiger partial charge in [-0.25, -0.2) is 0 Å². The van der Waals surface area contributed by atoms with Crippen molar-refractivity contribution in [1.29, 1.82) is 0 Å². The van der Waals surface area contributed by atoms with Gasteiger partial charge in [0.05, 0.1) is 7.11 Å². The van der Waals surface area contributed by atoms with Crippen LogP contribution < -0.4 is 9.64 Å². The lowest BCUT2D eigenvalue weighted by atomic mass is 9.69. The topological polar surface area (TPSA) is 53.0 Å². The lowest BCUT2D eigenvalue weighted by molar-refractivity contribution is -0.119. The maximum Gasteiger partial charge on any atom is 0.127 e. The number of aldehydes is 1. The van der Waals surface area contributed by atoms with Crippen LogP contribution in [0.3, 0.4) is 0 Å². The Bertz CT molecular complexity index is 1290. The number of methoxy groups -OCH3 is 1. The SMILES string of the molecule is COc1ccc(C2CCc3cc(O)ccc3C2c2ccc(N3CCN(CC4(C=O)CCCCC4)CC3)cc2)cc1. The minimum Gasteiger partial charge on any atom is -0.508 e. The maximum atomic E-state index is 12.0. The lowest BCUT2D eigenvalue weighted by Crippen LogP contribution is -2.50. The minimum absolute atomic E-state index is 0.116. The molecule has 3 aromatic carbocycles. The number of phenols is 1. The molecule has 2 aliphatic carbocycles. The number of hydrogen-bond donors (Lipinski definition) is 1. The highest BCUT2D eigenvalue weighted by molar-refractivity contribution is 5.60. The Hall–Kier alpha value is -3.31. The van der Waals surface area contributed by atoms with E-state index in [2.05, 4.69) is 64.4 Å². The van der Waals surface area contributed by atoms with E-state index in [0.717, 1.165) is 64.2 Å². The molecule has 5 heteroatoms. The molecular formula is C35H42N2O3. The Morgan fingerprint density at radius 3 is 2.27 bits per heavy atom. The molecule has 3 aromatic rings. The van der Waals surface area contributed by atoms with Gasteiger partial charge in [-0.3, -0.25) is 4.90 Å². The first kappa shape index (κ1) is 26.9. The normalized spacial score (nSPS) is 22.9. The summed E-state index contributed by atoms with van der Waals surface area (Å²) in [6.45, 7) is 4.93. The van der Waals surface area contributed by atoms with E-state index in [9.17, 15) is 9.90 Å². The summed E-state index contributed by atoms with van der Waals surface area (Å²) in [6.07, 6.45) is 9.04. The molecule has 0 aromatic heterocycles. The number of phenolic OH excluding ortho intramolecular Hbond substituents is 1. The predicted molar refractivity (Wildman–Crippen MR) is 161 cm³/mol. The Labute approximate surface area is 238 Å². The molecule has 40 heavy (non-hydrogen) atoms. The highest BCUT2D eigenvalue weighted by Crippen LogP contribution is 2.47. The van der Waals surface area contributed by atoms with E-state index in [4.69, 9.17) is 4.74 Å². The van der Waals surface area contributed by atoms with E-state index >= 15 is 0 Å². The molecule has 1 N–H and O–H groups in total. The number of rotatable bonds is 7. The van der Waals surface area contributed by atoms with E-state index in [1.54, 1.807) is 7.11 Å². The summed E-state index contributed by atoms with van der Waals surface area (Å²) in [6, 6.07) is 23.6. The molecule has 5 nitrogen and oxygen atoms in total. The smallest absolute Gasteiger partial charge is 0.127 e. The maximum absolute atomic E-state index is 12.0. The van der Waals surface area contributed by atoms with Crippen LogP contribution in [0.5, 0.6) is 11.5 Å². The van der Waals surface area contributed by atoms with Gasteiger partial charge in [-0.15, -0.1) is 0 Å². The van der Waals surface area contributed by atoms with Crippen molar-refractivity contribution in [2.24, 2.45) is 5.41 Å². The predicted octanol–water partition coefficient (Wildman–Crippen LogP) is 6.53. The molecule has 2 fully saturated rings. The van der Waals surface area contributed by atoms with Gasteiger partial charge in [-0.05, 0) is 90.3 Å². The van der Waals surface area contributed by atoms with Crippen LogP contribution in [0.4, 0.5) is 5.69 Å². The minimum atomic E-state index is -0.116. The number of nitrogens with zero attached hydrogens (tertiary/aromatic N) is 2. The van der Waals surface area contributed by atoms with Crippen LogP contribution in [0.1, 0.15) is 72.6 Å². The zero-order valence-corrected chi connectivity index (χ0v) is 23.7. The van der Waals surface area contributed by atoms with Gasteiger partial charge in [-0.2, -0.15) is 0 Å². The Kier molecular flexibility index (Phi) is 7.84. The second-order valence-electron chi connectivity index (χ2n) is 12.2. The highest BCUT2D eigenvalue weighted by Gasteiger charge is 2.35. The molecule has 210 valence electrons. The van der Waals surface area contributed by atoms with Gasteiger partial charge in [-0.1, -0.05) is 49.6 Å². The van der Waals surface area contributed by atoms with Gasteiger partial charge in [0.1, 0.15) is 17.8 Å². The number of aromatic hydroxyl groups is 1. The first-order chi connectivity index (χ1) is 19.6. The summed E-state index contributed by atoms with van der Waals surface area (Å²) < 4.78 is 5.41. The number of benzene rings is 3. The molecule has 1 heterocycles. The van der Waals surface area contributed by atoms with Crippen LogP contribution >= 0.6 is 0 Å². The van der Waals surface area contributed by atoms with Gasteiger partial charge < -0.3 is 19.5 Å². The first-order valence-electron chi connectivity index (χ1n) is 15.1. The van der Waals surface area contributed by atoms with Crippen molar-refractivity contribution in [1.82, 2.24) is 4.90 Å². The molecule has 0 radical (unpaired) electrons. The van der Waals surface area contributed by atoms with Crippen LogP contribution in [-0.2, 0) is 11.2 Å². The van der Waals surface area contributed by atoms with E-state index in [1.165, 1.54) is 53.5 Å². The Morgan fingerprint density at radius 1 is 0.900 bits per heavy atom. The van der Waals surface area contributed by atoms with Gasteiger partial charge in [0.2, 0.25) is 0 Å². The van der Waals surface area contributed by atoms with Crippen LogP contribution in [0, 0.1) is 5.41 Å². The fourth-order valence-corrected chi connectivity index (χ4v) is 7.50. The second-order valence-corrected chi connectivity index (χ2v) is 12.2. The molecule has 1 aliphatic heterocycles. The largest absolute Gasteiger partial charge is 0.508 e. The van der Waals surface area contributed by atoms with Crippen LogP contribution in [0.15, 0.2) is 66.7 Å². The molecule has 2 unspecified atom stereocenters. The fraction of sp³-hybridized carbons (Fsp3) is 0.457. The number of piperazine rings is 1. The van der Waals surface area contributed by atoms with E-state index in [0.29, 0.717) is 11.7 Å². The van der Waals surface area contributed by atoms with Gasteiger partial charge >= 0.3 is 0 Å². The van der Waals surface area contributed by atoms with E-state index < -0.39 is 0 Å². The molecule has 1 saturated heterocycles. The zero-order chi connectivity index (χ0) is 27.5. The summed E-state index contributed by atoms with van der Waals surface area (Å²) >= 11 is 0. The first-order valence-corrected chi connectivity index (χ1v) is 15.1. The van der Waals surface area contributed by atoms with Crippen molar-refractivity contribution in [2.45, 2.75) is 56.8 Å². The van der Waals surface area contributed by atoms with Crippen molar-refractivity contribution in [3.05, 3.63) is 89.0 Å². The fourth-order valence-electron chi connectivity index (χ4n) is 7.50. The van der Waals surface area contributed by atoms with Crippen molar-refractivity contribution >= 4 is 12.0 Å². The number of aryl methyl sites for hydroxylation is 1. The number of carbonyl (C=O) groups is 1. The van der Waals surface area contributed by atoms with Crippen LogP contribution in [0.2, 0.25) is 0 Å². The molecule has 0 bridgehead atoms. The summed E-state index contributed by atoms with van der Waals surface area (Å²) in [5, 5.41) is 10.2. The molecule has 3 aliphatic rings. The molecule has 0 amide bonds. The molecule has 2 atom stereocenters. The summed E-state index contributed by atoms with van der Waals surface area (Å²) in [4.78, 5) is 17.0. The van der Waals surface area contributed by atoms with Crippen molar-refractivity contribution in [2.75, 3.05) is 44.7 Å². The van der Waals surface area contributed by atoms with Crippen molar-refractivity contribution in [3.8, 4) is 11.5 Å². The summed E-state index contributed by atoms with van der Waals surface area (Å²) in [5.41, 5.74) is 6.37. The number of fused-ring (bicyclic) bond motifs is 1. The average Bonchev–Trinajstić information content (AvgIpc) is 3.01. The van der Waals surface area contributed by atoms with Crippen molar-refractivity contribution in [3.63, 3.8) is 0 Å². The molecular weight excluding hydrogens is 496 g/mol. The number of anilines is 1. The summed E-state index contributed by atoms with van der Waals surface area (Å²) in [7, 11) is 1.71. The number of carbonyl (C=O) groups excluding carboxylic acids is 1. The standard InChI is InChI=1S/C35H42N2O3/c1-40-31-13-7-26(8-14-31)32-15-9-28-23-30(39)12-16-33(28)34(32)27-5-10-29(11-6-27)37-21-19-36(20-22-37)24-35(25-38)17-3-2-4-18-35/h5-8,10-14,16,23,25,32,34,39H,2-4,9,15,17-22,24H2,1H3. The highest BCUT2D eigenvalue weighted by atomic mass is 16.5. The van der Waals surface area contributed by atoms with E-state index in [-0.39, 0.29) is 11.3 Å².